The van der Waals surface area contributed by atoms with Crippen molar-refractivity contribution in [3.05, 3.63) is 106 Å². The molecule has 0 saturated carbocycles. The van der Waals surface area contributed by atoms with Gasteiger partial charge in [-0.3, -0.25) is 14.4 Å². The van der Waals surface area contributed by atoms with Gasteiger partial charge in [-0.15, -0.1) is 11.8 Å². The lowest BCUT2D eigenvalue weighted by molar-refractivity contribution is -0.147. The fourth-order valence-electron chi connectivity index (χ4n) is 5.09. The largest absolute Gasteiger partial charge is 0.381 e. The van der Waals surface area contributed by atoms with E-state index in [1.165, 1.54) is 16.7 Å². The van der Waals surface area contributed by atoms with Crippen LogP contribution >= 0.6 is 11.8 Å². The smallest absolute Gasteiger partial charge is 0.254 e. The average Bonchev–Trinajstić information content (AvgIpc) is 3.28. The maximum absolute atomic E-state index is 13.9. The number of rotatable bonds is 9. The first kappa shape index (κ1) is 30.3. The minimum absolute atomic E-state index is 0.249. The summed E-state index contributed by atoms with van der Waals surface area (Å²) < 4.78 is -0.567. The molecule has 4 rings (SSSR count). The van der Waals surface area contributed by atoms with Gasteiger partial charge in [-0.25, -0.2) is 0 Å². The highest BCUT2D eigenvalue weighted by Crippen LogP contribution is 2.40. The zero-order valence-corrected chi connectivity index (χ0v) is 25.1. The van der Waals surface area contributed by atoms with Crippen LogP contribution in [0.2, 0.25) is 0 Å². The van der Waals surface area contributed by atoms with E-state index in [4.69, 9.17) is 0 Å². The summed E-state index contributed by atoms with van der Waals surface area (Å²) in [6, 6.07) is 21.0. The van der Waals surface area contributed by atoms with Crippen LogP contribution in [0.3, 0.4) is 0 Å². The summed E-state index contributed by atoms with van der Waals surface area (Å²) in [6.07, 6.45) is -1.30. The van der Waals surface area contributed by atoms with Gasteiger partial charge in [0, 0.05) is 16.9 Å². The first-order valence-corrected chi connectivity index (χ1v) is 14.8. The number of aliphatic hydroxyl groups is 1. The normalized spacial score (nSPS) is 17.5. The lowest BCUT2D eigenvalue weighted by Gasteiger charge is -2.33. The molecular weight excluding hydrogens is 534 g/mol. The minimum atomic E-state index is -1.55. The van der Waals surface area contributed by atoms with E-state index in [1.807, 2.05) is 95.3 Å². The van der Waals surface area contributed by atoms with Gasteiger partial charge in [0.05, 0.1) is 11.9 Å². The van der Waals surface area contributed by atoms with Crippen LogP contribution in [0.5, 0.6) is 0 Å². The first-order valence-electron chi connectivity index (χ1n) is 13.8. The molecule has 41 heavy (non-hydrogen) atoms. The van der Waals surface area contributed by atoms with Crippen molar-refractivity contribution in [2.45, 2.75) is 70.5 Å². The van der Waals surface area contributed by atoms with Crippen molar-refractivity contribution in [1.82, 2.24) is 15.5 Å². The van der Waals surface area contributed by atoms with Crippen molar-refractivity contribution in [2.24, 2.45) is 0 Å². The van der Waals surface area contributed by atoms with Gasteiger partial charge in [0.1, 0.15) is 6.04 Å². The molecule has 1 aliphatic heterocycles. The van der Waals surface area contributed by atoms with Crippen LogP contribution in [0, 0.1) is 20.8 Å². The van der Waals surface area contributed by atoms with E-state index in [2.05, 4.69) is 10.6 Å². The number of aliphatic hydroxyl groups excluding tert-OH is 1. The second-order valence-electron chi connectivity index (χ2n) is 11.2. The number of benzene rings is 3. The van der Waals surface area contributed by atoms with E-state index in [1.54, 1.807) is 12.1 Å². The molecule has 3 unspecified atom stereocenters. The Hall–Kier alpha value is -3.62. The summed E-state index contributed by atoms with van der Waals surface area (Å²) in [4.78, 5) is 42.1. The van der Waals surface area contributed by atoms with Gasteiger partial charge in [0.25, 0.3) is 11.8 Å². The van der Waals surface area contributed by atoms with Crippen molar-refractivity contribution >= 4 is 29.5 Å². The average molecular weight is 574 g/mol. The monoisotopic (exact) mass is 573 g/mol. The molecule has 8 heteroatoms. The van der Waals surface area contributed by atoms with E-state index in [0.29, 0.717) is 12.1 Å². The van der Waals surface area contributed by atoms with Gasteiger partial charge in [0.2, 0.25) is 5.91 Å². The Kier molecular flexibility index (Phi) is 9.56. The second-order valence-corrected chi connectivity index (χ2v) is 12.8. The molecule has 216 valence electrons. The van der Waals surface area contributed by atoms with Crippen LogP contribution in [0.25, 0.3) is 0 Å². The van der Waals surface area contributed by atoms with Crippen molar-refractivity contribution in [2.75, 3.05) is 5.88 Å². The number of carbonyl (C=O) groups excluding carboxylic acids is 3. The molecule has 1 fully saturated rings. The molecular formula is C33H39N3O4S. The zero-order chi connectivity index (χ0) is 29.7. The third-order valence-electron chi connectivity index (χ3n) is 7.81. The SMILES string of the molecule is Cc1ccc(C(=O)NC(Cc2ccccc2)C(O)C(=O)N2CSC(C)(C)C2C(=O)NCc2ccccc2C)cc1C. The van der Waals surface area contributed by atoms with Crippen molar-refractivity contribution < 1.29 is 19.5 Å². The standard InChI is InChI=1S/C33H39N3O4S/c1-21-15-16-25(17-23(21)3)30(38)35-27(18-24-12-7-6-8-13-24)28(37)32(40)36-20-41-33(4,5)29(36)31(39)34-19-26-14-10-9-11-22(26)2/h6-17,27-29,37H,18-20H2,1-5H3,(H,34,39)(H,35,38). The second kappa shape index (κ2) is 12.9. The van der Waals surface area contributed by atoms with E-state index < -0.39 is 28.8 Å². The van der Waals surface area contributed by atoms with Crippen molar-refractivity contribution in [3.8, 4) is 0 Å². The molecule has 3 aromatic rings. The van der Waals surface area contributed by atoms with Crippen LogP contribution in [-0.2, 0) is 22.6 Å². The highest BCUT2D eigenvalue weighted by Gasteiger charge is 2.49. The van der Waals surface area contributed by atoms with Gasteiger partial charge in [-0.05, 0) is 81.0 Å². The van der Waals surface area contributed by atoms with Gasteiger partial charge in [0.15, 0.2) is 6.10 Å². The Bertz CT molecular complexity index is 1410. The summed E-state index contributed by atoms with van der Waals surface area (Å²) in [6.45, 7) is 10.1. The molecule has 0 radical (unpaired) electrons. The maximum atomic E-state index is 13.9. The molecule has 0 aliphatic carbocycles. The topological polar surface area (TPSA) is 98.7 Å². The van der Waals surface area contributed by atoms with E-state index >= 15 is 0 Å². The molecule has 3 atom stereocenters. The fraction of sp³-hybridized carbons (Fsp3) is 0.364. The van der Waals surface area contributed by atoms with Crippen LogP contribution in [0.4, 0.5) is 0 Å². The van der Waals surface area contributed by atoms with Crippen LogP contribution in [0.15, 0.2) is 72.8 Å². The summed E-state index contributed by atoms with van der Waals surface area (Å²) >= 11 is 1.49. The Morgan fingerprint density at radius 3 is 2.32 bits per heavy atom. The van der Waals surface area contributed by atoms with E-state index in [-0.39, 0.29) is 24.1 Å². The molecule has 3 aromatic carbocycles. The Balaban J connectivity index is 1.55. The van der Waals surface area contributed by atoms with Gasteiger partial charge in [-0.2, -0.15) is 0 Å². The van der Waals surface area contributed by atoms with Crippen molar-refractivity contribution in [1.29, 1.82) is 0 Å². The van der Waals surface area contributed by atoms with Crippen molar-refractivity contribution in [3.63, 3.8) is 0 Å². The van der Waals surface area contributed by atoms with E-state index in [0.717, 1.165) is 27.8 Å². The quantitative estimate of drug-likeness (QED) is 0.354. The first-order chi connectivity index (χ1) is 19.5. The summed E-state index contributed by atoms with van der Waals surface area (Å²) in [5.41, 5.74) is 5.44. The number of amides is 3. The molecule has 7 nitrogen and oxygen atoms in total. The number of aryl methyl sites for hydroxylation is 3. The molecule has 1 saturated heterocycles. The summed E-state index contributed by atoms with van der Waals surface area (Å²) in [5.74, 6) is -0.971. The summed E-state index contributed by atoms with van der Waals surface area (Å²) in [7, 11) is 0. The third kappa shape index (κ3) is 7.18. The van der Waals surface area contributed by atoms with E-state index in [9.17, 15) is 19.5 Å². The number of carbonyl (C=O) groups is 3. The zero-order valence-electron chi connectivity index (χ0n) is 24.3. The predicted octanol–water partition coefficient (Wildman–Crippen LogP) is 4.31. The minimum Gasteiger partial charge on any atom is -0.381 e. The highest BCUT2D eigenvalue weighted by molar-refractivity contribution is 8.00. The van der Waals surface area contributed by atoms with Crippen LogP contribution in [0.1, 0.15) is 52.0 Å². The van der Waals surface area contributed by atoms with Gasteiger partial charge >= 0.3 is 0 Å². The Labute approximate surface area is 246 Å². The molecule has 3 amide bonds. The highest BCUT2D eigenvalue weighted by atomic mass is 32.2. The maximum Gasteiger partial charge on any atom is 0.254 e. The number of nitrogens with zero attached hydrogens (tertiary/aromatic N) is 1. The molecule has 1 aliphatic rings. The van der Waals surface area contributed by atoms with Crippen LogP contribution in [-0.4, -0.2) is 56.5 Å². The molecule has 3 N–H and O–H groups in total. The lowest BCUT2D eigenvalue weighted by Crippen LogP contribution is -2.58. The van der Waals surface area contributed by atoms with Crippen LogP contribution < -0.4 is 10.6 Å². The number of nitrogens with one attached hydrogen (secondary N) is 2. The third-order valence-corrected chi connectivity index (χ3v) is 9.18. The predicted molar refractivity (Wildman–Crippen MR) is 164 cm³/mol. The molecule has 0 aromatic heterocycles. The van der Waals surface area contributed by atoms with Gasteiger partial charge in [-0.1, -0.05) is 60.7 Å². The molecule has 0 spiro atoms. The fourth-order valence-corrected chi connectivity index (χ4v) is 6.23. The number of thioether (sulfide) groups is 1. The Morgan fingerprint density at radius 2 is 1.63 bits per heavy atom. The number of hydrogen-bond acceptors (Lipinski definition) is 5. The molecule has 0 bridgehead atoms. The lowest BCUT2D eigenvalue weighted by atomic mass is 9.96. The molecule has 1 heterocycles. The Morgan fingerprint density at radius 1 is 0.951 bits per heavy atom. The van der Waals surface area contributed by atoms with Gasteiger partial charge < -0.3 is 20.6 Å². The number of hydrogen-bond donors (Lipinski definition) is 3. The summed E-state index contributed by atoms with van der Waals surface area (Å²) in [5, 5.41) is 17.4.